The third-order valence-corrected chi connectivity index (χ3v) is 5.62. The van der Waals surface area contributed by atoms with E-state index in [2.05, 4.69) is 10.2 Å². The van der Waals surface area contributed by atoms with Crippen molar-refractivity contribution in [3.63, 3.8) is 0 Å². The van der Waals surface area contributed by atoms with E-state index in [0.29, 0.717) is 19.0 Å². The summed E-state index contributed by atoms with van der Waals surface area (Å²) in [7, 11) is -3.87. The quantitative estimate of drug-likeness (QED) is 0.822. The van der Waals surface area contributed by atoms with E-state index >= 15 is 0 Å². The normalized spacial score (nSPS) is 16.4. The number of carboxylic acid groups (broad SMARTS) is 1. The van der Waals surface area contributed by atoms with E-state index in [-0.39, 0.29) is 16.3 Å². The lowest BCUT2D eigenvalue weighted by Crippen LogP contribution is -2.38. The topological polar surface area (TPSA) is 103 Å². The minimum atomic E-state index is -3.87. The first-order valence-corrected chi connectivity index (χ1v) is 8.10. The molecule has 8 heteroatoms. The number of aromatic nitrogens is 2. The Kier molecular flexibility index (Phi) is 4.14. The van der Waals surface area contributed by atoms with Crippen molar-refractivity contribution in [2.75, 3.05) is 13.1 Å². The van der Waals surface area contributed by atoms with Gasteiger partial charge in [-0.05, 0) is 25.7 Å². The van der Waals surface area contributed by atoms with Crippen LogP contribution in [0.1, 0.15) is 42.2 Å². The molecule has 7 nitrogen and oxygen atoms in total. The minimum Gasteiger partial charge on any atom is -0.478 e. The molecule has 1 fully saturated rings. The summed E-state index contributed by atoms with van der Waals surface area (Å²) in [5, 5.41) is 14.9. The second kappa shape index (κ2) is 5.53. The number of carboxylic acids is 1. The molecule has 1 saturated carbocycles. The Balaban J connectivity index is 2.35. The van der Waals surface area contributed by atoms with Gasteiger partial charge in [-0.1, -0.05) is 13.3 Å². The number of nitrogens with one attached hydrogen (secondary N) is 1. The zero-order valence-electron chi connectivity index (χ0n) is 11.6. The average Bonchev–Trinajstić information content (AvgIpc) is 2.70. The smallest absolute Gasteiger partial charge is 0.340 e. The lowest BCUT2D eigenvalue weighted by Gasteiger charge is -2.30. The molecule has 0 radical (unpaired) electrons. The molecule has 0 unspecified atom stereocenters. The molecule has 1 aromatic heterocycles. The molecule has 0 aliphatic heterocycles. The van der Waals surface area contributed by atoms with Gasteiger partial charge in [-0.25, -0.2) is 13.2 Å². The highest BCUT2D eigenvalue weighted by atomic mass is 32.2. The lowest BCUT2D eigenvalue weighted by atomic mass is 9.85. The van der Waals surface area contributed by atoms with Gasteiger partial charge >= 0.3 is 5.97 Å². The van der Waals surface area contributed by atoms with Crippen molar-refractivity contribution >= 4 is 16.0 Å². The van der Waals surface area contributed by atoms with Crippen LogP contribution < -0.4 is 0 Å². The van der Waals surface area contributed by atoms with Gasteiger partial charge in [-0.15, -0.1) is 0 Å². The Bertz CT molecular complexity index is 604. The van der Waals surface area contributed by atoms with Gasteiger partial charge in [0.05, 0.1) is 0 Å². The summed E-state index contributed by atoms with van der Waals surface area (Å²) in [5.74, 6) is -0.910. The molecular formula is C12H19N3O4S. The summed E-state index contributed by atoms with van der Waals surface area (Å²) < 4.78 is 26.4. The van der Waals surface area contributed by atoms with Crippen LogP contribution >= 0.6 is 0 Å². The van der Waals surface area contributed by atoms with Crippen LogP contribution in [0.2, 0.25) is 0 Å². The van der Waals surface area contributed by atoms with E-state index in [4.69, 9.17) is 5.11 Å². The highest BCUT2D eigenvalue weighted by Gasteiger charge is 2.34. The second-order valence-corrected chi connectivity index (χ2v) is 6.94. The van der Waals surface area contributed by atoms with E-state index < -0.39 is 16.0 Å². The number of rotatable bonds is 6. The van der Waals surface area contributed by atoms with E-state index in [1.807, 2.05) is 0 Å². The number of carbonyl (C=O) groups is 1. The number of hydrogen-bond donors (Lipinski definition) is 2. The number of H-pyrrole nitrogens is 1. The minimum absolute atomic E-state index is 0.246. The molecule has 1 aromatic rings. The molecule has 0 atom stereocenters. The Morgan fingerprint density at radius 2 is 2.15 bits per heavy atom. The molecule has 20 heavy (non-hydrogen) atoms. The van der Waals surface area contributed by atoms with Gasteiger partial charge in [0, 0.05) is 18.8 Å². The monoisotopic (exact) mass is 301 g/mol. The first kappa shape index (κ1) is 15.0. The van der Waals surface area contributed by atoms with Gasteiger partial charge in [0.2, 0.25) is 5.03 Å². The molecule has 0 bridgehead atoms. The first-order valence-electron chi connectivity index (χ1n) is 6.66. The Labute approximate surface area is 118 Å². The summed E-state index contributed by atoms with van der Waals surface area (Å²) in [6, 6.07) is 0. The number of aryl methyl sites for hydroxylation is 1. The SMILES string of the molecule is CCN(CC1CCC1)S(=O)(=O)c1n[nH]c(C)c1C(=O)O. The molecule has 2 rings (SSSR count). The van der Waals surface area contributed by atoms with Crippen molar-refractivity contribution in [2.45, 2.75) is 38.1 Å². The van der Waals surface area contributed by atoms with E-state index in [1.165, 1.54) is 11.2 Å². The van der Waals surface area contributed by atoms with Gasteiger partial charge in [0.15, 0.2) is 0 Å². The van der Waals surface area contributed by atoms with Crippen LogP contribution in [0.4, 0.5) is 0 Å². The Morgan fingerprint density at radius 1 is 1.50 bits per heavy atom. The summed E-state index contributed by atoms with van der Waals surface area (Å²) in [5.41, 5.74) is -0.0205. The fourth-order valence-corrected chi connectivity index (χ4v) is 3.98. The maximum atomic E-state index is 12.6. The van der Waals surface area contributed by atoms with Crippen molar-refractivity contribution in [3.8, 4) is 0 Å². The molecule has 2 N–H and O–H groups in total. The third-order valence-electron chi connectivity index (χ3n) is 3.75. The Morgan fingerprint density at radius 3 is 2.60 bits per heavy atom. The van der Waals surface area contributed by atoms with Gasteiger partial charge in [0.1, 0.15) is 5.56 Å². The molecule has 0 spiro atoms. The zero-order valence-corrected chi connectivity index (χ0v) is 12.4. The summed E-state index contributed by atoms with van der Waals surface area (Å²) >= 11 is 0. The van der Waals surface area contributed by atoms with Gasteiger partial charge < -0.3 is 5.11 Å². The van der Waals surface area contributed by atoms with Crippen LogP contribution in [0.5, 0.6) is 0 Å². The standard InChI is InChI=1S/C12H19N3O4S/c1-3-15(7-9-5-4-6-9)20(18,19)11-10(12(16)17)8(2)13-14-11/h9H,3-7H2,1-2H3,(H,13,14)(H,16,17). The van der Waals surface area contributed by atoms with Crippen LogP contribution in [-0.4, -0.2) is 47.1 Å². The van der Waals surface area contributed by atoms with Crippen molar-refractivity contribution < 1.29 is 18.3 Å². The van der Waals surface area contributed by atoms with Crippen molar-refractivity contribution in [1.29, 1.82) is 0 Å². The van der Waals surface area contributed by atoms with Crippen LogP contribution in [0.15, 0.2) is 5.03 Å². The zero-order chi connectivity index (χ0) is 14.9. The van der Waals surface area contributed by atoms with Crippen molar-refractivity contribution in [1.82, 2.24) is 14.5 Å². The molecule has 0 saturated heterocycles. The van der Waals surface area contributed by atoms with Gasteiger partial charge in [-0.2, -0.15) is 9.40 Å². The van der Waals surface area contributed by atoms with Gasteiger partial charge in [-0.3, -0.25) is 5.10 Å². The van der Waals surface area contributed by atoms with Gasteiger partial charge in [0.25, 0.3) is 10.0 Å². The third kappa shape index (κ3) is 2.57. The first-order chi connectivity index (χ1) is 9.37. The van der Waals surface area contributed by atoms with Crippen LogP contribution in [0.3, 0.4) is 0 Å². The van der Waals surface area contributed by atoms with E-state index in [9.17, 15) is 13.2 Å². The maximum absolute atomic E-state index is 12.6. The van der Waals surface area contributed by atoms with Crippen molar-refractivity contribution in [2.24, 2.45) is 5.92 Å². The number of sulfonamides is 1. The fourth-order valence-electron chi connectivity index (χ4n) is 2.33. The molecular weight excluding hydrogens is 282 g/mol. The van der Waals surface area contributed by atoms with Crippen LogP contribution in [-0.2, 0) is 10.0 Å². The highest BCUT2D eigenvalue weighted by molar-refractivity contribution is 7.89. The van der Waals surface area contributed by atoms with Crippen molar-refractivity contribution in [3.05, 3.63) is 11.3 Å². The van der Waals surface area contributed by atoms with E-state index in [0.717, 1.165) is 19.3 Å². The lowest BCUT2D eigenvalue weighted by molar-refractivity contribution is 0.0691. The van der Waals surface area contributed by atoms with Crippen LogP contribution in [0, 0.1) is 12.8 Å². The number of nitrogens with zero attached hydrogens (tertiary/aromatic N) is 2. The predicted octanol–water partition coefficient (Wildman–Crippen LogP) is 1.23. The second-order valence-electron chi connectivity index (χ2n) is 5.09. The molecule has 0 aromatic carbocycles. The van der Waals surface area contributed by atoms with Crippen LogP contribution in [0.25, 0.3) is 0 Å². The average molecular weight is 301 g/mol. The molecule has 1 aliphatic carbocycles. The molecule has 0 amide bonds. The Hall–Kier alpha value is -1.41. The summed E-state index contributed by atoms with van der Waals surface area (Å²) in [6.07, 6.45) is 3.18. The van der Waals surface area contributed by atoms with E-state index in [1.54, 1.807) is 6.92 Å². The maximum Gasteiger partial charge on any atom is 0.340 e. The number of aromatic amines is 1. The predicted molar refractivity (Wildman–Crippen MR) is 72.1 cm³/mol. The summed E-state index contributed by atoms with van der Waals surface area (Å²) in [6.45, 7) is 3.99. The number of hydrogen-bond acceptors (Lipinski definition) is 4. The largest absolute Gasteiger partial charge is 0.478 e. The highest BCUT2D eigenvalue weighted by Crippen LogP contribution is 2.29. The fraction of sp³-hybridized carbons (Fsp3) is 0.667. The molecule has 1 heterocycles. The molecule has 112 valence electrons. The number of aromatic carboxylic acids is 1. The summed E-state index contributed by atoms with van der Waals surface area (Å²) in [4.78, 5) is 11.2. The molecule has 1 aliphatic rings.